The van der Waals surface area contributed by atoms with Gasteiger partial charge in [-0.05, 0) is 26.0 Å². The lowest BCUT2D eigenvalue weighted by Gasteiger charge is -2.27. The van der Waals surface area contributed by atoms with E-state index in [2.05, 4.69) is 5.32 Å². The van der Waals surface area contributed by atoms with Crippen LogP contribution in [0.25, 0.3) is 0 Å². The summed E-state index contributed by atoms with van der Waals surface area (Å²) in [5.74, 6) is 0.559. The van der Waals surface area contributed by atoms with E-state index in [0.717, 1.165) is 5.69 Å². The van der Waals surface area contributed by atoms with Crippen LogP contribution >= 0.6 is 0 Å². The minimum atomic E-state index is -0.662. The monoisotopic (exact) mass is 266 g/mol. The first-order valence-corrected chi connectivity index (χ1v) is 6.35. The van der Waals surface area contributed by atoms with Crippen LogP contribution in [0.2, 0.25) is 0 Å². The van der Waals surface area contributed by atoms with Crippen LogP contribution in [0, 0.1) is 0 Å². The zero-order chi connectivity index (χ0) is 14.4. The van der Waals surface area contributed by atoms with Gasteiger partial charge >= 0.3 is 0 Å². The average molecular weight is 266 g/mol. The highest BCUT2D eigenvalue weighted by Gasteiger charge is 2.19. The van der Waals surface area contributed by atoms with Gasteiger partial charge in [-0.25, -0.2) is 0 Å². The molecule has 1 rings (SSSR count). The van der Waals surface area contributed by atoms with E-state index in [1.165, 1.54) is 0 Å². The van der Waals surface area contributed by atoms with Crippen LogP contribution in [0.4, 0.5) is 5.69 Å². The van der Waals surface area contributed by atoms with Crippen LogP contribution in [0.15, 0.2) is 18.2 Å². The molecular weight excluding hydrogens is 244 g/mol. The van der Waals surface area contributed by atoms with Gasteiger partial charge in [0.2, 0.25) is 5.91 Å². The Morgan fingerprint density at radius 1 is 1.53 bits per heavy atom. The normalized spacial score (nSPS) is 11.8. The summed E-state index contributed by atoms with van der Waals surface area (Å²) in [5, 5.41) is 12.5. The van der Waals surface area contributed by atoms with E-state index in [1.807, 2.05) is 24.0 Å². The van der Waals surface area contributed by atoms with Crippen molar-refractivity contribution in [2.75, 3.05) is 32.1 Å². The fourth-order valence-electron chi connectivity index (χ4n) is 2.03. The Balaban J connectivity index is 3.19. The highest BCUT2D eigenvalue weighted by Crippen LogP contribution is 2.34. The highest BCUT2D eigenvalue weighted by molar-refractivity contribution is 5.81. The lowest BCUT2D eigenvalue weighted by atomic mass is 10.1. The van der Waals surface area contributed by atoms with E-state index in [0.29, 0.717) is 17.9 Å². The van der Waals surface area contributed by atoms with Crippen LogP contribution < -0.4 is 15.0 Å². The van der Waals surface area contributed by atoms with Gasteiger partial charge < -0.3 is 20.1 Å². The third-order valence-corrected chi connectivity index (χ3v) is 3.02. The third kappa shape index (κ3) is 3.61. The lowest BCUT2D eigenvalue weighted by Crippen LogP contribution is -2.36. The van der Waals surface area contributed by atoms with E-state index in [-0.39, 0.29) is 12.5 Å². The largest absolute Gasteiger partial charge is 0.496 e. The Morgan fingerprint density at radius 2 is 2.21 bits per heavy atom. The van der Waals surface area contributed by atoms with Gasteiger partial charge in [0.25, 0.3) is 0 Å². The number of hydrogen-bond acceptors (Lipinski definition) is 4. The summed E-state index contributed by atoms with van der Waals surface area (Å²) in [6, 6.07) is 5.54. The molecule has 5 heteroatoms. The number of anilines is 1. The first-order valence-electron chi connectivity index (χ1n) is 6.35. The molecule has 0 spiro atoms. The summed E-state index contributed by atoms with van der Waals surface area (Å²) < 4.78 is 5.29. The zero-order valence-electron chi connectivity index (χ0n) is 11.9. The quantitative estimate of drug-likeness (QED) is 0.815. The smallest absolute Gasteiger partial charge is 0.239 e. The number of methoxy groups -OCH3 is 1. The molecule has 5 nitrogen and oxygen atoms in total. The molecule has 0 bridgehead atoms. The van der Waals surface area contributed by atoms with E-state index in [1.54, 1.807) is 27.1 Å². The second-order valence-corrected chi connectivity index (χ2v) is 4.26. The molecule has 0 aliphatic carbocycles. The topological polar surface area (TPSA) is 61.8 Å². The van der Waals surface area contributed by atoms with Gasteiger partial charge in [0, 0.05) is 24.8 Å². The van der Waals surface area contributed by atoms with Gasteiger partial charge in [-0.15, -0.1) is 0 Å². The molecular formula is C14H22N2O3. The van der Waals surface area contributed by atoms with Crippen molar-refractivity contribution in [1.82, 2.24) is 5.32 Å². The van der Waals surface area contributed by atoms with E-state index in [9.17, 15) is 9.90 Å². The summed E-state index contributed by atoms with van der Waals surface area (Å²) in [6.45, 7) is 4.57. The number of ether oxygens (including phenoxy) is 1. The molecule has 0 heterocycles. The number of nitrogens with zero attached hydrogens (tertiary/aromatic N) is 1. The highest BCUT2D eigenvalue weighted by atomic mass is 16.5. The number of amides is 1. The predicted molar refractivity (Wildman–Crippen MR) is 75.6 cm³/mol. The fourth-order valence-corrected chi connectivity index (χ4v) is 2.03. The molecule has 1 atom stereocenters. The maximum absolute atomic E-state index is 11.5. The van der Waals surface area contributed by atoms with E-state index < -0.39 is 6.10 Å². The number of aliphatic hydroxyl groups excluding tert-OH is 1. The first kappa shape index (κ1) is 15.3. The van der Waals surface area contributed by atoms with Crippen molar-refractivity contribution in [2.24, 2.45) is 0 Å². The second-order valence-electron chi connectivity index (χ2n) is 4.26. The Hall–Kier alpha value is -1.75. The predicted octanol–water partition coefficient (Wildman–Crippen LogP) is 1.32. The van der Waals surface area contributed by atoms with Gasteiger partial charge in [-0.1, -0.05) is 6.07 Å². The molecule has 0 fully saturated rings. The van der Waals surface area contributed by atoms with Gasteiger partial charge in [-0.2, -0.15) is 0 Å². The van der Waals surface area contributed by atoms with Crippen molar-refractivity contribution in [2.45, 2.75) is 20.0 Å². The van der Waals surface area contributed by atoms with Gasteiger partial charge in [0.1, 0.15) is 5.75 Å². The molecule has 0 saturated heterocycles. The molecule has 1 aromatic rings. The van der Waals surface area contributed by atoms with Crippen LogP contribution in [0.1, 0.15) is 25.5 Å². The van der Waals surface area contributed by atoms with Crippen molar-refractivity contribution in [1.29, 1.82) is 0 Å². The molecule has 0 aliphatic heterocycles. The van der Waals surface area contributed by atoms with Crippen LogP contribution in [-0.4, -0.2) is 38.3 Å². The number of benzene rings is 1. The lowest BCUT2D eigenvalue weighted by molar-refractivity contribution is -0.119. The Morgan fingerprint density at radius 3 is 2.68 bits per heavy atom. The van der Waals surface area contributed by atoms with E-state index >= 15 is 0 Å². The third-order valence-electron chi connectivity index (χ3n) is 3.02. The molecule has 19 heavy (non-hydrogen) atoms. The molecule has 0 radical (unpaired) electrons. The molecule has 1 aromatic carbocycles. The molecule has 2 N–H and O–H groups in total. The maximum atomic E-state index is 11.5. The van der Waals surface area contributed by atoms with Gasteiger partial charge in [0.05, 0.1) is 19.8 Å². The second kappa shape index (κ2) is 6.99. The van der Waals surface area contributed by atoms with Crippen molar-refractivity contribution in [3.05, 3.63) is 23.8 Å². The number of likely N-dealkylation sites (N-methyl/N-ethyl adjacent to an activating group) is 2. The number of carbonyl (C=O) groups is 1. The first-order chi connectivity index (χ1) is 9.04. The number of rotatable bonds is 6. The Kier molecular flexibility index (Phi) is 5.63. The van der Waals surface area contributed by atoms with Gasteiger partial charge in [0.15, 0.2) is 0 Å². The standard InChI is InChI=1S/C14H22N2O3/c1-5-16(9-13(18)15-3)11-7-6-8-12(19-4)14(11)10(2)17/h6-8,10,17H,5,9H2,1-4H3,(H,15,18)/t10-/m0/s1. The molecule has 0 aliphatic rings. The summed E-state index contributed by atoms with van der Waals surface area (Å²) in [5.41, 5.74) is 1.52. The maximum Gasteiger partial charge on any atom is 0.239 e. The molecule has 0 saturated carbocycles. The summed E-state index contributed by atoms with van der Waals surface area (Å²) in [6.07, 6.45) is -0.662. The molecule has 0 unspecified atom stereocenters. The van der Waals surface area contributed by atoms with Gasteiger partial charge in [-0.3, -0.25) is 4.79 Å². The number of aliphatic hydroxyl groups is 1. The van der Waals surface area contributed by atoms with E-state index in [4.69, 9.17) is 4.74 Å². The number of carbonyl (C=O) groups excluding carboxylic acids is 1. The minimum Gasteiger partial charge on any atom is -0.496 e. The fraction of sp³-hybridized carbons (Fsp3) is 0.500. The number of nitrogens with one attached hydrogen (secondary N) is 1. The van der Waals surface area contributed by atoms with Crippen molar-refractivity contribution >= 4 is 11.6 Å². The Labute approximate surface area is 114 Å². The zero-order valence-corrected chi connectivity index (χ0v) is 11.9. The van der Waals surface area contributed by atoms with Crippen LogP contribution in [0.3, 0.4) is 0 Å². The van der Waals surface area contributed by atoms with Crippen molar-refractivity contribution in [3.63, 3.8) is 0 Å². The van der Waals surface area contributed by atoms with Crippen LogP contribution in [-0.2, 0) is 4.79 Å². The average Bonchev–Trinajstić information content (AvgIpc) is 2.43. The van der Waals surface area contributed by atoms with Crippen LogP contribution in [0.5, 0.6) is 5.75 Å². The Bertz CT molecular complexity index is 433. The summed E-state index contributed by atoms with van der Waals surface area (Å²) >= 11 is 0. The minimum absolute atomic E-state index is 0.0683. The number of hydrogen-bond donors (Lipinski definition) is 2. The molecule has 106 valence electrons. The summed E-state index contributed by atoms with van der Waals surface area (Å²) in [7, 11) is 3.18. The molecule has 1 amide bonds. The summed E-state index contributed by atoms with van der Waals surface area (Å²) in [4.78, 5) is 13.4. The van der Waals surface area contributed by atoms with Crippen molar-refractivity contribution < 1.29 is 14.6 Å². The molecule has 0 aromatic heterocycles. The SMILES string of the molecule is CCN(CC(=O)NC)c1cccc(OC)c1[C@H](C)O. The van der Waals surface area contributed by atoms with Crippen molar-refractivity contribution in [3.8, 4) is 5.75 Å².